The van der Waals surface area contributed by atoms with Gasteiger partial charge in [0.15, 0.2) is 0 Å². The molecule has 1 aliphatic heterocycles. The lowest BCUT2D eigenvalue weighted by Gasteiger charge is -2.25. The van der Waals surface area contributed by atoms with Crippen LogP contribution in [0.3, 0.4) is 0 Å². The van der Waals surface area contributed by atoms with Gasteiger partial charge < -0.3 is 9.47 Å². The Hall–Kier alpha value is -2.82. The fourth-order valence-corrected chi connectivity index (χ4v) is 2.92. The minimum Gasteiger partial charge on any atom is -0.497 e. The van der Waals surface area contributed by atoms with Crippen molar-refractivity contribution in [3.63, 3.8) is 0 Å². The highest BCUT2D eigenvalue weighted by Gasteiger charge is 2.44. The average molecular weight is 325 g/mol. The highest BCUT2D eigenvalue weighted by atomic mass is 16.6. The zero-order chi connectivity index (χ0) is 17.1. The molecule has 1 heterocycles. The molecule has 0 bridgehead atoms. The number of carbonyl (C=O) groups is 2. The van der Waals surface area contributed by atoms with E-state index in [0.29, 0.717) is 12.2 Å². The number of hydrogen-bond acceptors (Lipinski definition) is 4. The molecule has 3 rings (SSSR count). The Balaban J connectivity index is 1.88. The summed E-state index contributed by atoms with van der Waals surface area (Å²) in [5.74, 6) is 0.135. The van der Waals surface area contributed by atoms with E-state index < -0.39 is 12.3 Å². The monoisotopic (exact) mass is 325 g/mol. The molecule has 0 unspecified atom stereocenters. The highest BCUT2D eigenvalue weighted by Crippen LogP contribution is 2.33. The molecule has 0 N–H and O–H groups in total. The molecule has 1 amide bonds. The molecule has 2 aromatic rings. The van der Waals surface area contributed by atoms with E-state index in [4.69, 9.17) is 9.47 Å². The standard InChI is InChI=1S/C19H19NO4/c1-13(21)20-17(12-14-6-4-3-5-7-14)19(22)24-18(20)15-8-10-16(23-2)11-9-15/h3-11,17-18H,12H2,1-2H3/t17-,18-/m0/s1. The predicted molar refractivity (Wildman–Crippen MR) is 88.3 cm³/mol. The van der Waals surface area contributed by atoms with Crippen molar-refractivity contribution >= 4 is 11.9 Å². The first-order chi connectivity index (χ1) is 11.6. The van der Waals surface area contributed by atoms with Gasteiger partial charge in [-0.05, 0) is 29.8 Å². The van der Waals surface area contributed by atoms with E-state index >= 15 is 0 Å². The number of ether oxygens (including phenoxy) is 2. The normalized spacial score (nSPS) is 19.9. The second kappa shape index (κ2) is 6.74. The van der Waals surface area contributed by atoms with E-state index in [1.807, 2.05) is 30.3 Å². The van der Waals surface area contributed by atoms with Crippen LogP contribution in [0.1, 0.15) is 24.3 Å². The van der Waals surface area contributed by atoms with Crippen LogP contribution in [-0.2, 0) is 20.7 Å². The van der Waals surface area contributed by atoms with Crippen LogP contribution in [0.4, 0.5) is 0 Å². The maximum absolute atomic E-state index is 12.4. The van der Waals surface area contributed by atoms with Crippen molar-refractivity contribution in [3.8, 4) is 5.75 Å². The number of methoxy groups -OCH3 is 1. The molecular formula is C19H19NO4. The number of amides is 1. The van der Waals surface area contributed by atoms with E-state index in [-0.39, 0.29) is 11.9 Å². The van der Waals surface area contributed by atoms with Gasteiger partial charge in [0.05, 0.1) is 7.11 Å². The molecule has 1 aliphatic rings. The number of hydrogen-bond donors (Lipinski definition) is 0. The van der Waals surface area contributed by atoms with Crippen LogP contribution in [0.15, 0.2) is 54.6 Å². The molecule has 1 saturated heterocycles. The van der Waals surface area contributed by atoms with E-state index in [1.165, 1.54) is 11.8 Å². The van der Waals surface area contributed by atoms with Crippen molar-refractivity contribution < 1.29 is 19.1 Å². The number of benzene rings is 2. The van der Waals surface area contributed by atoms with Crippen LogP contribution >= 0.6 is 0 Å². The van der Waals surface area contributed by atoms with E-state index in [0.717, 1.165) is 11.1 Å². The van der Waals surface area contributed by atoms with Gasteiger partial charge in [-0.15, -0.1) is 0 Å². The fraction of sp³-hybridized carbons (Fsp3) is 0.263. The Morgan fingerprint density at radius 3 is 2.38 bits per heavy atom. The Morgan fingerprint density at radius 2 is 1.79 bits per heavy atom. The lowest BCUT2D eigenvalue weighted by Crippen LogP contribution is -2.39. The van der Waals surface area contributed by atoms with Gasteiger partial charge in [-0.25, -0.2) is 4.79 Å². The molecule has 5 heteroatoms. The summed E-state index contributed by atoms with van der Waals surface area (Å²) in [6.45, 7) is 1.45. The predicted octanol–water partition coefficient (Wildman–Crippen LogP) is 2.71. The Labute approximate surface area is 140 Å². The van der Waals surface area contributed by atoms with E-state index in [1.54, 1.807) is 31.4 Å². The van der Waals surface area contributed by atoms with Crippen molar-refractivity contribution in [2.75, 3.05) is 7.11 Å². The van der Waals surface area contributed by atoms with Gasteiger partial charge in [0, 0.05) is 18.9 Å². The molecule has 2 aromatic carbocycles. The van der Waals surface area contributed by atoms with Crippen molar-refractivity contribution in [3.05, 3.63) is 65.7 Å². The third kappa shape index (κ3) is 3.11. The van der Waals surface area contributed by atoms with E-state index in [9.17, 15) is 9.59 Å². The van der Waals surface area contributed by atoms with Crippen LogP contribution in [0.5, 0.6) is 5.75 Å². The third-order valence-electron chi connectivity index (χ3n) is 4.12. The molecule has 0 radical (unpaired) electrons. The van der Waals surface area contributed by atoms with Crippen LogP contribution in [0.25, 0.3) is 0 Å². The van der Waals surface area contributed by atoms with Crippen molar-refractivity contribution in [2.24, 2.45) is 0 Å². The average Bonchev–Trinajstić information content (AvgIpc) is 2.93. The maximum atomic E-state index is 12.4. The summed E-state index contributed by atoms with van der Waals surface area (Å²) in [6.07, 6.45) is -0.263. The van der Waals surface area contributed by atoms with Gasteiger partial charge >= 0.3 is 5.97 Å². The second-order valence-corrected chi connectivity index (χ2v) is 5.69. The maximum Gasteiger partial charge on any atom is 0.331 e. The molecule has 5 nitrogen and oxygen atoms in total. The third-order valence-corrected chi connectivity index (χ3v) is 4.12. The Kier molecular flexibility index (Phi) is 4.51. The van der Waals surface area contributed by atoms with Crippen LogP contribution < -0.4 is 4.74 Å². The number of nitrogens with zero attached hydrogens (tertiary/aromatic N) is 1. The number of esters is 1. The molecular weight excluding hydrogens is 306 g/mol. The molecule has 1 fully saturated rings. The van der Waals surface area contributed by atoms with Gasteiger partial charge in [-0.3, -0.25) is 9.69 Å². The lowest BCUT2D eigenvalue weighted by atomic mass is 10.0. The van der Waals surface area contributed by atoms with Crippen molar-refractivity contribution in [1.29, 1.82) is 0 Å². The lowest BCUT2D eigenvalue weighted by molar-refractivity contribution is -0.143. The zero-order valence-corrected chi connectivity index (χ0v) is 13.6. The smallest absolute Gasteiger partial charge is 0.331 e. The molecule has 0 saturated carbocycles. The summed E-state index contributed by atoms with van der Waals surface area (Å²) in [7, 11) is 1.59. The van der Waals surface area contributed by atoms with E-state index in [2.05, 4.69) is 0 Å². The summed E-state index contributed by atoms with van der Waals surface area (Å²) in [5, 5.41) is 0. The molecule has 0 aliphatic carbocycles. The molecule has 124 valence electrons. The first-order valence-corrected chi connectivity index (χ1v) is 7.77. The minimum absolute atomic E-state index is 0.192. The van der Waals surface area contributed by atoms with Crippen LogP contribution in [-0.4, -0.2) is 29.9 Å². The van der Waals surface area contributed by atoms with Crippen molar-refractivity contribution in [1.82, 2.24) is 4.90 Å². The van der Waals surface area contributed by atoms with Crippen LogP contribution in [0.2, 0.25) is 0 Å². The Morgan fingerprint density at radius 1 is 1.12 bits per heavy atom. The summed E-state index contributed by atoms with van der Waals surface area (Å²) in [4.78, 5) is 26.0. The van der Waals surface area contributed by atoms with Gasteiger partial charge in [-0.2, -0.15) is 0 Å². The van der Waals surface area contributed by atoms with Gasteiger partial charge in [0.1, 0.15) is 11.8 Å². The Bertz CT molecular complexity index is 727. The number of cyclic esters (lactones) is 1. The van der Waals surface area contributed by atoms with Crippen molar-refractivity contribution in [2.45, 2.75) is 25.6 Å². The summed E-state index contributed by atoms with van der Waals surface area (Å²) >= 11 is 0. The molecule has 0 aromatic heterocycles. The topological polar surface area (TPSA) is 55.8 Å². The fourth-order valence-electron chi connectivity index (χ4n) is 2.92. The highest BCUT2D eigenvalue weighted by molar-refractivity contribution is 5.86. The summed E-state index contributed by atoms with van der Waals surface area (Å²) in [6, 6.07) is 16.2. The quantitative estimate of drug-likeness (QED) is 0.811. The van der Waals surface area contributed by atoms with Crippen LogP contribution in [0, 0.1) is 0 Å². The summed E-state index contributed by atoms with van der Waals surface area (Å²) in [5.41, 5.74) is 1.73. The SMILES string of the molecule is COc1ccc([C@@H]2OC(=O)[C@H](Cc3ccccc3)N2C(C)=O)cc1. The molecule has 0 spiro atoms. The first-order valence-electron chi connectivity index (χ1n) is 7.77. The first kappa shape index (κ1) is 16.1. The molecule has 2 atom stereocenters. The minimum atomic E-state index is -0.699. The second-order valence-electron chi connectivity index (χ2n) is 5.69. The van der Waals surface area contributed by atoms with Gasteiger partial charge in [0.2, 0.25) is 12.1 Å². The largest absolute Gasteiger partial charge is 0.497 e. The summed E-state index contributed by atoms with van der Waals surface area (Å²) < 4.78 is 10.6. The molecule has 24 heavy (non-hydrogen) atoms. The zero-order valence-electron chi connectivity index (χ0n) is 13.6. The van der Waals surface area contributed by atoms with Gasteiger partial charge in [0.25, 0.3) is 0 Å². The van der Waals surface area contributed by atoms with Gasteiger partial charge in [-0.1, -0.05) is 30.3 Å². The number of carbonyl (C=O) groups excluding carboxylic acids is 2. The number of rotatable bonds is 4.